The van der Waals surface area contributed by atoms with Crippen molar-refractivity contribution in [2.45, 2.75) is 6.92 Å². The lowest BCUT2D eigenvalue weighted by atomic mass is 10.4. The topological polar surface area (TPSA) is 12.0 Å². The molecule has 56 valence electrons. The predicted octanol–water partition coefficient (Wildman–Crippen LogP) is 1.91. The van der Waals surface area contributed by atoms with Crippen LogP contribution in [0.5, 0.6) is 0 Å². The molecule has 0 bridgehead atoms. The zero-order valence-corrected chi connectivity index (χ0v) is 6.67. The van der Waals surface area contributed by atoms with Crippen LogP contribution in [0.25, 0.3) is 0 Å². The zero-order valence-electron chi connectivity index (χ0n) is 6.67. The molecule has 1 rings (SSSR count). The molecule has 1 N–H and O–H groups in total. The first kappa shape index (κ1) is 9.18. The lowest BCUT2D eigenvalue weighted by Gasteiger charge is -1.76. The van der Waals surface area contributed by atoms with Gasteiger partial charge in [-0.25, -0.2) is 0 Å². The molecule has 10 heavy (non-hydrogen) atoms. The van der Waals surface area contributed by atoms with E-state index in [0.717, 1.165) is 6.54 Å². The molecule has 0 saturated carbocycles. The van der Waals surface area contributed by atoms with Crippen LogP contribution in [-0.4, -0.2) is 13.6 Å². The summed E-state index contributed by atoms with van der Waals surface area (Å²) in [5.74, 6) is 0. The van der Waals surface area contributed by atoms with Crippen LogP contribution in [-0.2, 0) is 0 Å². The molecule has 1 nitrogen and oxygen atoms in total. The van der Waals surface area contributed by atoms with Crippen molar-refractivity contribution in [2.24, 2.45) is 0 Å². The molecule has 0 aliphatic heterocycles. The number of nitrogens with one attached hydrogen (secondary N) is 1. The lowest BCUT2D eigenvalue weighted by Crippen LogP contribution is -2.01. The molecule has 0 heterocycles. The van der Waals surface area contributed by atoms with Gasteiger partial charge in [-0.3, -0.25) is 0 Å². The highest BCUT2D eigenvalue weighted by molar-refractivity contribution is 4.99. The van der Waals surface area contributed by atoms with Crippen LogP contribution < -0.4 is 5.32 Å². The Labute approximate surface area is 63.1 Å². The fraction of sp³-hybridized carbons (Fsp3) is 0.333. The van der Waals surface area contributed by atoms with Crippen molar-refractivity contribution in [1.29, 1.82) is 0 Å². The van der Waals surface area contributed by atoms with Crippen molar-refractivity contribution < 1.29 is 0 Å². The van der Waals surface area contributed by atoms with Crippen LogP contribution in [0.1, 0.15) is 6.92 Å². The van der Waals surface area contributed by atoms with Gasteiger partial charge in [-0.2, -0.15) is 0 Å². The van der Waals surface area contributed by atoms with Gasteiger partial charge in [-0.15, -0.1) is 0 Å². The van der Waals surface area contributed by atoms with Gasteiger partial charge in [0.05, 0.1) is 0 Å². The van der Waals surface area contributed by atoms with Gasteiger partial charge in [0.25, 0.3) is 0 Å². The van der Waals surface area contributed by atoms with E-state index in [2.05, 4.69) is 12.2 Å². The third kappa shape index (κ3) is 7.18. The average Bonchev–Trinajstić information content (AvgIpc) is 2.08. The summed E-state index contributed by atoms with van der Waals surface area (Å²) in [6, 6.07) is 12.0. The summed E-state index contributed by atoms with van der Waals surface area (Å²) in [4.78, 5) is 0. The molecule has 0 aliphatic rings. The van der Waals surface area contributed by atoms with Gasteiger partial charge >= 0.3 is 0 Å². The van der Waals surface area contributed by atoms with Gasteiger partial charge in [0.15, 0.2) is 0 Å². The minimum Gasteiger partial charge on any atom is -0.320 e. The van der Waals surface area contributed by atoms with E-state index in [9.17, 15) is 0 Å². The summed E-state index contributed by atoms with van der Waals surface area (Å²) in [6.07, 6.45) is 0. The van der Waals surface area contributed by atoms with Crippen molar-refractivity contribution in [3.05, 3.63) is 36.4 Å². The number of rotatable bonds is 1. The molecular weight excluding hydrogens is 122 g/mol. The van der Waals surface area contributed by atoms with Crippen molar-refractivity contribution >= 4 is 0 Å². The Morgan fingerprint density at radius 1 is 0.900 bits per heavy atom. The Bertz CT molecular complexity index is 96.7. The number of hydrogen-bond acceptors (Lipinski definition) is 1. The first-order valence-electron chi connectivity index (χ1n) is 3.56. The first-order chi connectivity index (χ1) is 4.91. The van der Waals surface area contributed by atoms with Crippen molar-refractivity contribution in [3.8, 4) is 0 Å². The Kier molecular flexibility index (Phi) is 7.51. The molecule has 0 amide bonds. The molecule has 0 aliphatic carbocycles. The van der Waals surface area contributed by atoms with E-state index >= 15 is 0 Å². The fourth-order valence-corrected chi connectivity index (χ4v) is 0.385. The van der Waals surface area contributed by atoms with Gasteiger partial charge in [0.1, 0.15) is 0 Å². The normalized spacial score (nSPS) is 7.80. The van der Waals surface area contributed by atoms with Crippen LogP contribution in [0.15, 0.2) is 36.4 Å². The largest absolute Gasteiger partial charge is 0.320 e. The summed E-state index contributed by atoms with van der Waals surface area (Å²) in [5, 5.41) is 2.93. The predicted molar refractivity (Wildman–Crippen MR) is 46.0 cm³/mol. The number of benzene rings is 1. The second kappa shape index (κ2) is 8.18. The highest BCUT2D eigenvalue weighted by atomic mass is 14.8. The molecule has 0 aromatic heterocycles. The SMILES string of the molecule is CCNC.c1ccccc1. The molecule has 0 unspecified atom stereocenters. The summed E-state index contributed by atoms with van der Waals surface area (Å²) in [6.45, 7) is 3.14. The molecule has 0 spiro atoms. The number of hydrogen-bond donors (Lipinski definition) is 1. The van der Waals surface area contributed by atoms with E-state index in [4.69, 9.17) is 0 Å². The van der Waals surface area contributed by atoms with Crippen LogP contribution in [0.4, 0.5) is 0 Å². The second-order valence-corrected chi connectivity index (χ2v) is 1.86. The van der Waals surface area contributed by atoms with E-state index in [1.54, 1.807) is 0 Å². The van der Waals surface area contributed by atoms with Gasteiger partial charge in [-0.1, -0.05) is 43.3 Å². The second-order valence-electron chi connectivity index (χ2n) is 1.86. The molecule has 1 heteroatoms. The van der Waals surface area contributed by atoms with E-state index in [1.165, 1.54) is 0 Å². The Hall–Kier alpha value is -0.820. The van der Waals surface area contributed by atoms with Crippen molar-refractivity contribution in [1.82, 2.24) is 5.32 Å². The smallest absolute Gasteiger partial charge is 0.00804 e. The Morgan fingerprint density at radius 2 is 1.10 bits per heavy atom. The van der Waals surface area contributed by atoms with Crippen molar-refractivity contribution in [2.75, 3.05) is 13.6 Å². The summed E-state index contributed by atoms with van der Waals surface area (Å²) in [5.41, 5.74) is 0. The average molecular weight is 137 g/mol. The van der Waals surface area contributed by atoms with Gasteiger partial charge in [-0.05, 0) is 13.6 Å². The third-order valence-corrected chi connectivity index (χ3v) is 1.02. The molecule has 1 aromatic carbocycles. The minimum absolute atomic E-state index is 1.07. The van der Waals surface area contributed by atoms with Crippen molar-refractivity contribution in [3.63, 3.8) is 0 Å². The maximum absolute atomic E-state index is 2.93. The molecule has 0 saturated heterocycles. The van der Waals surface area contributed by atoms with E-state index < -0.39 is 0 Å². The first-order valence-corrected chi connectivity index (χ1v) is 3.56. The van der Waals surface area contributed by atoms with Crippen LogP contribution in [0.2, 0.25) is 0 Å². The molecule has 0 radical (unpaired) electrons. The highest BCUT2D eigenvalue weighted by Gasteiger charge is 1.57. The lowest BCUT2D eigenvalue weighted by molar-refractivity contribution is 0.864. The summed E-state index contributed by atoms with van der Waals surface area (Å²) >= 11 is 0. The zero-order chi connectivity index (χ0) is 7.66. The van der Waals surface area contributed by atoms with Crippen LogP contribution in [0.3, 0.4) is 0 Å². The van der Waals surface area contributed by atoms with E-state index in [1.807, 2.05) is 43.4 Å². The molecular formula is C9H15N. The van der Waals surface area contributed by atoms with Gasteiger partial charge in [0.2, 0.25) is 0 Å². The molecule has 0 fully saturated rings. The monoisotopic (exact) mass is 137 g/mol. The fourth-order valence-electron chi connectivity index (χ4n) is 0.385. The Balaban J connectivity index is 0.000000180. The maximum atomic E-state index is 2.93. The quantitative estimate of drug-likeness (QED) is 0.623. The standard InChI is InChI=1S/C6H6.C3H9N/c1-2-4-6-5-3-1;1-3-4-2/h1-6H;4H,3H2,1-2H3. The Morgan fingerprint density at radius 3 is 1.20 bits per heavy atom. The maximum Gasteiger partial charge on any atom is -0.00804 e. The van der Waals surface area contributed by atoms with E-state index in [0.29, 0.717) is 0 Å². The van der Waals surface area contributed by atoms with E-state index in [-0.39, 0.29) is 0 Å². The summed E-state index contributed by atoms with van der Waals surface area (Å²) < 4.78 is 0. The van der Waals surface area contributed by atoms with Crippen LogP contribution in [0, 0.1) is 0 Å². The third-order valence-electron chi connectivity index (χ3n) is 1.02. The highest BCUT2D eigenvalue weighted by Crippen LogP contribution is 1.79. The summed E-state index contributed by atoms with van der Waals surface area (Å²) in [7, 11) is 1.93. The molecule has 1 aromatic rings. The van der Waals surface area contributed by atoms with Crippen LogP contribution >= 0.6 is 0 Å². The minimum atomic E-state index is 1.07. The van der Waals surface area contributed by atoms with Gasteiger partial charge in [0, 0.05) is 0 Å². The molecule has 0 atom stereocenters. The van der Waals surface area contributed by atoms with Gasteiger partial charge < -0.3 is 5.32 Å².